The Hall–Kier alpha value is -7.63. The Balaban J connectivity index is 1.24. The Labute approximate surface area is 319 Å². The first-order valence-corrected chi connectivity index (χ1v) is 19.0. The topological polar surface area (TPSA) is 48.5 Å². The number of fused-ring (bicyclic) bond motifs is 11. The van der Waals surface area contributed by atoms with Gasteiger partial charge in [0.25, 0.3) is 0 Å². The van der Waals surface area contributed by atoms with E-state index in [4.69, 9.17) is 15.0 Å². The van der Waals surface area contributed by atoms with Crippen LogP contribution in [0.1, 0.15) is 0 Å². The van der Waals surface area contributed by atoms with Crippen molar-refractivity contribution in [1.82, 2.24) is 24.1 Å². The third kappa shape index (κ3) is 3.85. The van der Waals surface area contributed by atoms with E-state index >= 15 is 0 Å². The Morgan fingerprint density at radius 2 is 0.857 bits per heavy atom. The molecular weight excluding hydrogens is 683 g/mol. The second-order valence-corrected chi connectivity index (χ2v) is 14.7. The lowest BCUT2D eigenvalue weighted by Crippen LogP contribution is -2.04. The monoisotopic (exact) mass is 711 g/mol. The molecule has 0 unspecified atom stereocenters. The third-order valence-corrected chi connectivity index (χ3v) is 11.9. The van der Waals surface area contributed by atoms with Crippen molar-refractivity contribution >= 4 is 97.7 Å². The van der Waals surface area contributed by atoms with Gasteiger partial charge in [0.15, 0.2) is 5.65 Å². The number of nitrogens with zero attached hydrogens (tertiary/aromatic N) is 5. The van der Waals surface area contributed by atoms with Crippen LogP contribution in [0.4, 0.5) is 0 Å². The van der Waals surface area contributed by atoms with Crippen LogP contribution in [-0.2, 0) is 0 Å². The van der Waals surface area contributed by atoms with Gasteiger partial charge in [-0.15, -0.1) is 0 Å². The maximum atomic E-state index is 5.37. The molecule has 5 nitrogen and oxygen atoms in total. The minimum absolute atomic E-state index is 0.602. The molecule has 13 rings (SSSR count). The molecule has 0 saturated heterocycles. The standard InChI is InChI=1S/C51H29N5/c1-3-14-30(15-4-1)49-38-24-13-27-52-50(38)54-51(53-49)56-42-26-10-8-19-35(42)48-37-23-12-21-33-32-20-11-22-36-45(32)39(40(46(33)37)29-44(48)56)28-43-47(36)34-18-7-9-25-41(34)55(43)31-16-5-2-6-17-31/h1-29H. The van der Waals surface area contributed by atoms with Crippen molar-refractivity contribution in [1.29, 1.82) is 0 Å². The molecule has 258 valence electrons. The molecule has 0 aliphatic heterocycles. The van der Waals surface area contributed by atoms with Gasteiger partial charge >= 0.3 is 0 Å². The molecule has 0 aliphatic rings. The summed E-state index contributed by atoms with van der Waals surface area (Å²) in [6, 6.07) is 61.2. The summed E-state index contributed by atoms with van der Waals surface area (Å²) in [7, 11) is 0. The largest absolute Gasteiger partial charge is 0.309 e. The van der Waals surface area contributed by atoms with Crippen LogP contribution < -0.4 is 0 Å². The van der Waals surface area contributed by atoms with Crippen LogP contribution in [0.2, 0.25) is 0 Å². The molecule has 0 atom stereocenters. The first kappa shape index (κ1) is 29.8. The van der Waals surface area contributed by atoms with Crippen molar-refractivity contribution < 1.29 is 0 Å². The number of pyridine rings is 1. The fraction of sp³-hybridized carbons (Fsp3) is 0. The molecule has 0 amide bonds. The predicted molar refractivity (Wildman–Crippen MR) is 233 cm³/mol. The third-order valence-electron chi connectivity index (χ3n) is 11.9. The zero-order valence-corrected chi connectivity index (χ0v) is 30.0. The Bertz CT molecular complexity index is 3750. The van der Waals surface area contributed by atoms with Gasteiger partial charge in [-0.1, -0.05) is 121 Å². The number of rotatable bonds is 3. The summed E-state index contributed by atoms with van der Waals surface area (Å²) in [6.07, 6.45) is 1.81. The number of aromatic nitrogens is 5. The fourth-order valence-corrected chi connectivity index (χ4v) is 9.69. The average Bonchev–Trinajstić information content (AvgIpc) is 3.78. The van der Waals surface area contributed by atoms with Crippen molar-refractivity contribution in [3.8, 4) is 22.9 Å². The Kier molecular flexibility index (Phi) is 5.83. The molecule has 0 saturated carbocycles. The lowest BCUT2D eigenvalue weighted by atomic mass is 9.87. The molecule has 0 fully saturated rings. The van der Waals surface area contributed by atoms with Crippen LogP contribution in [0, 0.1) is 0 Å². The van der Waals surface area contributed by atoms with E-state index in [1.54, 1.807) is 0 Å². The van der Waals surface area contributed by atoms with Gasteiger partial charge in [-0.2, -0.15) is 4.98 Å². The van der Waals surface area contributed by atoms with E-state index in [-0.39, 0.29) is 0 Å². The number of hydrogen-bond acceptors (Lipinski definition) is 3. The van der Waals surface area contributed by atoms with Gasteiger partial charge in [0.2, 0.25) is 5.95 Å². The SMILES string of the molecule is c1ccc(-c2nc(-n3c4ccccc4c4c5cccc6c7cccc8c7c(cc7c8c8ccccc8n7-c7ccccc7)c(cc43)c65)nc3ncccc23)cc1. The summed E-state index contributed by atoms with van der Waals surface area (Å²) < 4.78 is 4.69. The molecule has 56 heavy (non-hydrogen) atoms. The van der Waals surface area contributed by atoms with E-state index in [9.17, 15) is 0 Å². The van der Waals surface area contributed by atoms with Crippen molar-refractivity contribution in [3.63, 3.8) is 0 Å². The van der Waals surface area contributed by atoms with Gasteiger partial charge < -0.3 is 4.57 Å². The van der Waals surface area contributed by atoms with E-state index in [2.05, 4.69) is 167 Å². The highest BCUT2D eigenvalue weighted by Gasteiger charge is 2.24. The molecule has 0 spiro atoms. The summed E-state index contributed by atoms with van der Waals surface area (Å²) >= 11 is 0. The molecule has 0 radical (unpaired) electrons. The first-order valence-electron chi connectivity index (χ1n) is 19.0. The van der Waals surface area contributed by atoms with Crippen molar-refractivity contribution in [3.05, 3.63) is 176 Å². The highest BCUT2D eigenvalue weighted by atomic mass is 15.2. The highest BCUT2D eigenvalue weighted by Crippen LogP contribution is 2.48. The summed E-state index contributed by atoms with van der Waals surface area (Å²) in [5.41, 5.74) is 8.23. The van der Waals surface area contributed by atoms with Crippen LogP contribution in [0.25, 0.3) is 121 Å². The molecule has 0 aliphatic carbocycles. The van der Waals surface area contributed by atoms with Crippen LogP contribution in [0.15, 0.2) is 176 Å². The van der Waals surface area contributed by atoms with Crippen LogP contribution in [0.5, 0.6) is 0 Å². The lowest BCUT2D eigenvalue weighted by molar-refractivity contribution is 1.01. The minimum atomic E-state index is 0.602. The average molecular weight is 712 g/mol. The Morgan fingerprint density at radius 3 is 1.52 bits per heavy atom. The van der Waals surface area contributed by atoms with Crippen LogP contribution in [0.3, 0.4) is 0 Å². The Morgan fingerprint density at radius 1 is 0.339 bits per heavy atom. The summed E-state index contributed by atoms with van der Waals surface area (Å²) in [6.45, 7) is 0. The molecule has 4 aromatic heterocycles. The maximum Gasteiger partial charge on any atom is 0.237 e. The molecule has 4 heterocycles. The second-order valence-electron chi connectivity index (χ2n) is 14.7. The van der Waals surface area contributed by atoms with Crippen LogP contribution in [-0.4, -0.2) is 24.1 Å². The van der Waals surface area contributed by atoms with E-state index in [1.807, 2.05) is 18.3 Å². The van der Waals surface area contributed by atoms with E-state index in [0.717, 1.165) is 33.4 Å². The fourth-order valence-electron chi connectivity index (χ4n) is 9.69. The van der Waals surface area contributed by atoms with Gasteiger partial charge in [0, 0.05) is 44.4 Å². The quantitative estimate of drug-likeness (QED) is 0.135. The zero-order valence-electron chi connectivity index (χ0n) is 30.0. The van der Waals surface area contributed by atoms with Crippen molar-refractivity contribution in [2.75, 3.05) is 0 Å². The molecular formula is C51H29N5. The summed E-state index contributed by atoms with van der Waals surface area (Å²) in [5.74, 6) is 0.602. The van der Waals surface area contributed by atoms with E-state index in [0.29, 0.717) is 11.6 Å². The number of benzene rings is 9. The minimum Gasteiger partial charge on any atom is -0.309 e. The first-order chi connectivity index (χ1) is 27.8. The second kappa shape index (κ2) is 11.0. The highest BCUT2D eigenvalue weighted by molar-refractivity contribution is 6.41. The normalized spacial score (nSPS) is 12.3. The smallest absolute Gasteiger partial charge is 0.237 e. The molecule has 13 aromatic rings. The van der Waals surface area contributed by atoms with Gasteiger partial charge in [0.1, 0.15) is 0 Å². The van der Waals surface area contributed by atoms with Gasteiger partial charge in [-0.3, -0.25) is 4.57 Å². The van der Waals surface area contributed by atoms with Gasteiger partial charge in [-0.25, -0.2) is 9.97 Å². The van der Waals surface area contributed by atoms with E-state index < -0.39 is 0 Å². The van der Waals surface area contributed by atoms with Crippen molar-refractivity contribution in [2.45, 2.75) is 0 Å². The predicted octanol–water partition coefficient (Wildman–Crippen LogP) is 12.9. The van der Waals surface area contributed by atoms with Crippen molar-refractivity contribution in [2.24, 2.45) is 0 Å². The summed E-state index contributed by atoms with van der Waals surface area (Å²) in [4.78, 5) is 15.3. The molecule has 9 aromatic carbocycles. The number of para-hydroxylation sites is 3. The summed E-state index contributed by atoms with van der Waals surface area (Å²) in [5, 5.41) is 15.9. The van der Waals surface area contributed by atoms with Gasteiger partial charge in [0.05, 0.1) is 27.8 Å². The van der Waals surface area contributed by atoms with Crippen LogP contribution >= 0.6 is 0 Å². The maximum absolute atomic E-state index is 5.37. The molecule has 5 heteroatoms. The molecule has 0 N–H and O–H groups in total. The number of hydrogen-bond donors (Lipinski definition) is 0. The molecule has 0 bridgehead atoms. The van der Waals surface area contributed by atoms with E-state index in [1.165, 1.54) is 75.7 Å². The zero-order chi connectivity index (χ0) is 36.5. The lowest BCUT2D eigenvalue weighted by Gasteiger charge is -2.17. The van der Waals surface area contributed by atoms with Gasteiger partial charge in [-0.05, 0) is 91.6 Å².